The molecule has 2 N–H and O–H groups in total. The van der Waals surface area contributed by atoms with Crippen LogP contribution in [0.5, 0.6) is 0 Å². The van der Waals surface area contributed by atoms with Gasteiger partial charge in [0.1, 0.15) is 0 Å². The van der Waals surface area contributed by atoms with E-state index in [1.54, 1.807) is 0 Å². The average molecular weight is 265 g/mol. The van der Waals surface area contributed by atoms with Gasteiger partial charge in [-0.05, 0) is 12.0 Å². The van der Waals surface area contributed by atoms with Gasteiger partial charge in [-0.1, -0.05) is 18.2 Å². The number of hydrogen-bond acceptors (Lipinski definition) is 3. The molecule has 4 rings (SSSR count). The number of fused-ring (bicyclic) bond motifs is 1. The zero-order valence-electron chi connectivity index (χ0n) is 11.0. The highest BCUT2D eigenvalue weighted by molar-refractivity contribution is 5.79. The number of benzene rings is 1. The number of rotatable bonds is 3. The monoisotopic (exact) mass is 265 g/mol. The van der Waals surface area contributed by atoms with E-state index in [0.29, 0.717) is 0 Å². The summed E-state index contributed by atoms with van der Waals surface area (Å²) in [5.74, 6) is 0. The maximum absolute atomic E-state index is 4.31. The van der Waals surface area contributed by atoms with Gasteiger partial charge in [0.2, 0.25) is 0 Å². The lowest BCUT2D eigenvalue weighted by molar-refractivity contribution is 0.805. The Labute approximate surface area is 116 Å². The van der Waals surface area contributed by atoms with Gasteiger partial charge in [-0.15, -0.1) is 0 Å². The molecule has 20 heavy (non-hydrogen) atoms. The topological polar surface area (TPSA) is 58.5 Å². The van der Waals surface area contributed by atoms with Crippen molar-refractivity contribution >= 4 is 5.69 Å². The van der Waals surface area contributed by atoms with Crippen molar-refractivity contribution in [1.82, 2.24) is 19.7 Å². The van der Waals surface area contributed by atoms with E-state index in [1.165, 1.54) is 16.8 Å². The minimum atomic E-state index is 0.773. The lowest BCUT2D eigenvalue weighted by Crippen LogP contribution is -2.01. The van der Waals surface area contributed by atoms with Gasteiger partial charge in [-0.25, -0.2) is 4.98 Å². The van der Waals surface area contributed by atoms with Crippen molar-refractivity contribution in [2.75, 3.05) is 11.9 Å². The van der Waals surface area contributed by atoms with Gasteiger partial charge >= 0.3 is 0 Å². The maximum atomic E-state index is 4.31. The van der Waals surface area contributed by atoms with Gasteiger partial charge in [0.05, 0.1) is 31.0 Å². The molecule has 5 nitrogen and oxygen atoms in total. The second-order valence-electron chi connectivity index (χ2n) is 5.03. The first kappa shape index (κ1) is 11.3. The molecule has 1 aromatic carbocycles. The summed E-state index contributed by atoms with van der Waals surface area (Å²) in [7, 11) is 0. The molecule has 0 atom stereocenters. The van der Waals surface area contributed by atoms with Crippen molar-refractivity contribution in [3.63, 3.8) is 0 Å². The highest BCUT2D eigenvalue weighted by Crippen LogP contribution is 2.34. The van der Waals surface area contributed by atoms with Crippen LogP contribution in [-0.4, -0.2) is 26.3 Å². The Morgan fingerprint density at radius 3 is 3.15 bits per heavy atom. The quantitative estimate of drug-likeness (QED) is 0.764. The molecule has 3 aromatic rings. The molecular formula is C15H15N5. The minimum Gasteiger partial charge on any atom is -0.384 e. The van der Waals surface area contributed by atoms with E-state index in [2.05, 4.69) is 43.3 Å². The molecule has 0 saturated heterocycles. The lowest BCUT2D eigenvalue weighted by atomic mass is 10.1. The molecule has 100 valence electrons. The fourth-order valence-electron chi connectivity index (χ4n) is 2.78. The van der Waals surface area contributed by atoms with Crippen molar-refractivity contribution in [2.45, 2.75) is 13.0 Å². The Hall–Kier alpha value is -2.56. The molecule has 2 aromatic heterocycles. The molecule has 1 aliphatic heterocycles. The van der Waals surface area contributed by atoms with Crippen molar-refractivity contribution in [1.29, 1.82) is 0 Å². The Balaban J connectivity index is 1.77. The number of aromatic amines is 1. The fraction of sp³-hybridized carbons (Fsp3) is 0.200. The van der Waals surface area contributed by atoms with Crippen LogP contribution in [0.2, 0.25) is 0 Å². The average Bonchev–Trinajstić information content (AvgIpc) is 3.19. The number of nitrogens with one attached hydrogen (secondary N) is 2. The third-order valence-corrected chi connectivity index (χ3v) is 3.74. The number of imidazole rings is 1. The number of nitrogens with zero attached hydrogens (tertiary/aromatic N) is 3. The zero-order chi connectivity index (χ0) is 13.4. The van der Waals surface area contributed by atoms with Crippen LogP contribution >= 0.6 is 0 Å². The van der Waals surface area contributed by atoms with Crippen LogP contribution < -0.4 is 5.32 Å². The van der Waals surface area contributed by atoms with Crippen molar-refractivity contribution < 1.29 is 0 Å². The highest BCUT2D eigenvalue weighted by atomic mass is 15.1. The summed E-state index contributed by atoms with van der Waals surface area (Å²) in [6.07, 6.45) is 8.65. The number of para-hydroxylation sites is 1. The molecule has 0 unspecified atom stereocenters. The first-order valence-electron chi connectivity index (χ1n) is 6.76. The Bertz CT molecular complexity index is 727. The third kappa shape index (κ3) is 1.79. The van der Waals surface area contributed by atoms with Crippen LogP contribution in [0.3, 0.4) is 0 Å². The van der Waals surface area contributed by atoms with Gasteiger partial charge < -0.3 is 9.88 Å². The molecule has 0 saturated carbocycles. The third-order valence-electron chi connectivity index (χ3n) is 3.74. The van der Waals surface area contributed by atoms with Crippen LogP contribution in [-0.2, 0) is 13.0 Å². The molecule has 0 aliphatic carbocycles. The number of aromatic nitrogens is 4. The zero-order valence-corrected chi connectivity index (χ0v) is 11.0. The highest BCUT2D eigenvalue weighted by Gasteiger charge is 2.17. The molecule has 0 radical (unpaired) electrons. The predicted octanol–water partition coefficient (Wildman–Crippen LogP) is 2.29. The van der Waals surface area contributed by atoms with Crippen LogP contribution in [0.1, 0.15) is 11.1 Å². The fourth-order valence-corrected chi connectivity index (χ4v) is 2.78. The summed E-state index contributed by atoms with van der Waals surface area (Å²) in [6.45, 7) is 1.79. The first-order valence-corrected chi connectivity index (χ1v) is 6.76. The molecule has 1 aliphatic rings. The van der Waals surface area contributed by atoms with E-state index >= 15 is 0 Å². The molecule has 0 amide bonds. The summed E-state index contributed by atoms with van der Waals surface area (Å²) in [5, 5.41) is 10.3. The molecular weight excluding hydrogens is 250 g/mol. The van der Waals surface area contributed by atoms with Crippen LogP contribution in [0.4, 0.5) is 5.69 Å². The van der Waals surface area contributed by atoms with E-state index in [0.717, 1.165) is 30.8 Å². The first-order chi connectivity index (χ1) is 9.92. The summed E-state index contributed by atoms with van der Waals surface area (Å²) in [5.41, 5.74) is 6.14. The lowest BCUT2D eigenvalue weighted by Gasteiger charge is -2.11. The van der Waals surface area contributed by atoms with Crippen molar-refractivity contribution in [3.8, 4) is 11.3 Å². The van der Waals surface area contributed by atoms with E-state index in [9.17, 15) is 0 Å². The van der Waals surface area contributed by atoms with Gasteiger partial charge in [0.15, 0.2) is 0 Å². The maximum Gasteiger partial charge on any atom is 0.0954 e. The molecule has 5 heteroatoms. The Kier molecular flexibility index (Phi) is 2.55. The van der Waals surface area contributed by atoms with Crippen LogP contribution in [0.15, 0.2) is 43.1 Å². The van der Waals surface area contributed by atoms with E-state index in [-0.39, 0.29) is 0 Å². The number of anilines is 1. The van der Waals surface area contributed by atoms with Crippen molar-refractivity contribution in [3.05, 3.63) is 54.2 Å². The van der Waals surface area contributed by atoms with Gasteiger partial charge in [0, 0.05) is 29.6 Å². The molecule has 3 heterocycles. The molecule has 0 bridgehead atoms. The van der Waals surface area contributed by atoms with E-state index in [1.807, 2.05) is 24.9 Å². The SMILES string of the molecule is c1cc2c(c(-c3cncn3Cc3cn[nH]c3)c1)NCC2. The second kappa shape index (κ2) is 4.52. The Morgan fingerprint density at radius 2 is 2.25 bits per heavy atom. The number of H-pyrrole nitrogens is 1. The summed E-state index contributed by atoms with van der Waals surface area (Å²) in [4.78, 5) is 4.31. The standard InChI is InChI=1S/C15H15N5/c1-2-12-4-5-17-15(12)13(3-1)14-8-16-10-20(14)9-11-6-18-19-7-11/h1-3,6-8,10,17H,4-5,9H2,(H,18,19). The summed E-state index contributed by atoms with van der Waals surface area (Å²) < 4.78 is 2.15. The van der Waals surface area contributed by atoms with Crippen LogP contribution in [0.25, 0.3) is 11.3 Å². The smallest absolute Gasteiger partial charge is 0.0954 e. The molecule has 0 fully saturated rings. The predicted molar refractivity (Wildman–Crippen MR) is 77.5 cm³/mol. The number of hydrogen-bond donors (Lipinski definition) is 2. The minimum absolute atomic E-state index is 0.773. The second-order valence-corrected chi connectivity index (χ2v) is 5.03. The van der Waals surface area contributed by atoms with E-state index in [4.69, 9.17) is 0 Å². The van der Waals surface area contributed by atoms with E-state index < -0.39 is 0 Å². The summed E-state index contributed by atoms with van der Waals surface area (Å²) >= 11 is 0. The largest absolute Gasteiger partial charge is 0.384 e. The van der Waals surface area contributed by atoms with Crippen LogP contribution in [0, 0.1) is 0 Å². The van der Waals surface area contributed by atoms with Gasteiger partial charge in [-0.2, -0.15) is 5.10 Å². The molecule has 0 spiro atoms. The normalized spacial score (nSPS) is 13.2. The van der Waals surface area contributed by atoms with Crippen molar-refractivity contribution in [2.24, 2.45) is 0 Å². The van der Waals surface area contributed by atoms with Gasteiger partial charge in [-0.3, -0.25) is 5.10 Å². The van der Waals surface area contributed by atoms with Gasteiger partial charge in [0.25, 0.3) is 0 Å². The summed E-state index contributed by atoms with van der Waals surface area (Å²) in [6, 6.07) is 6.46. The Morgan fingerprint density at radius 1 is 1.25 bits per heavy atom.